The largest absolute Gasteiger partial charge is 0.341 e. The van der Waals surface area contributed by atoms with Gasteiger partial charge in [0.05, 0.1) is 11.2 Å². The molecule has 5 heteroatoms. The molecule has 2 heterocycles. The minimum Gasteiger partial charge on any atom is -0.341 e. The maximum absolute atomic E-state index is 12.4. The van der Waals surface area contributed by atoms with Crippen molar-refractivity contribution in [3.05, 3.63) is 59.0 Å². The van der Waals surface area contributed by atoms with Gasteiger partial charge in [-0.1, -0.05) is 24.3 Å². The smallest absolute Gasteiger partial charge is 0.223 e. The summed E-state index contributed by atoms with van der Waals surface area (Å²) in [5.41, 5.74) is 5.20. The molecule has 1 amide bonds. The average Bonchev–Trinajstić information content (AvgIpc) is 2.92. The molecular weight excluding hydrogens is 300 g/mol. The highest BCUT2D eigenvalue weighted by Crippen LogP contribution is 2.18. The van der Waals surface area contributed by atoms with Crippen molar-refractivity contribution in [3.8, 4) is 0 Å². The van der Waals surface area contributed by atoms with Crippen molar-refractivity contribution in [3.63, 3.8) is 0 Å². The van der Waals surface area contributed by atoms with E-state index in [1.807, 2.05) is 51.2 Å². The molecule has 0 spiro atoms. The van der Waals surface area contributed by atoms with Gasteiger partial charge in [0.2, 0.25) is 5.91 Å². The monoisotopic (exact) mass is 322 g/mol. The predicted octanol–water partition coefficient (Wildman–Crippen LogP) is 3.17. The number of rotatable bonds is 5. The molecule has 0 aliphatic rings. The summed E-state index contributed by atoms with van der Waals surface area (Å²) < 4.78 is 0. The van der Waals surface area contributed by atoms with E-state index in [-0.39, 0.29) is 5.91 Å². The zero-order chi connectivity index (χ0) is 17.1. The standard InChI is InChI=1S/C19H22N4O/c1-13-14(2)21-22-17(13)9-10-18(24)23(3)12-16-7-4-6-15-8-5-11-20-19(15)16/h4-8,11H,9-10,12H2,1-3H3,(H,21,22). The molecule has 3 rings (SSSR count). The molecular formula is C19H22N4O. The molecule has 0 bridgehead atoms. The van der Waals surface area contributed by atoms with Crippen LogP contribution < -0.4 is 0 Å². The molecule has 3 aromatic rings. The van der Waals surface area contributed by atoms with Crippen molar-refractivity contribution in [1.29, 1.82) is 0 Å². The molecule has 0 atom stereocenters. The zero-order valence-corrected chi connectivity index (χ0v) is 14.3. The quantitative estimate of drug-likeness (QED) is 0.785. The lowest BCUT2D eigenvalue weighted by atomic mass is 10.1. The molecule has 24 heavy (non-hydrogen) atoms. The fraction of sp³-hybridized carbons (Fsp3) is 0.316. The lowest BCUT2D eigenvalue weighted by molar-refractivity contribution is -0.130. The minimum absolute atomic E-state index is 0.114. The van der Waals surface area contributed by atoms with Crippen LogP contribution in [-0.4, -0.2) is 33.0 Å². The Morgan fingerprint density at radius 1 is 1.21 bits per heavy atom. The molecule has 0 saturated heterocycles. The summed E-state index contributed by atoms with van der Waals surface area (Å²) in [5.74, 6) is 0.114. The summed E-state index contributed by atoms with van der Waals surface area (Å²) in [5, 5.41) is 8.33. The number of hydrogen-bond acceptors (Lipinski definition) is 3. The molecule has 1 N–H and O–H groups in total. The number of pyridine rings is 1. The van der Waals surface area contributed by atoms with Crippen molar-refractivity contribution >= 4 is 16.8 Å². The van der Waals surface area contributed by atoms with E-state index < -0.39 is 0 Å². The van der Waals surface area contributed by atoms with Crippen molar-refractivity contribution in [1.82, 2.24) is 20.1 Å². The van der Waals surface area contributed by atoms with Gasteiger partial charge in [-0.15, -0.1) is 0 Å². The first-order valence-electron chi connectivity index (χ1n) is 8.13. The van der Waals surface area contributed by atoms with Gasteiger partial charge in [0.15, 0.2) is 0 Å². The second kappa shape index (κ2) is 6.83. The number of nitrogens with zero attached hydrogens (tertiary/aromatic N) is 3. The van der Waals surface area contributed by atoms with Crippen molar-refractivity contribution in [2.45, 2.75) is 33.2 Å². The van der Waals surface area contributed by atoms with E-state index in [1.165, 1.54) is 0 Å². The lowest BCUT2D eigenvalue weighted by Gasteiger charge is -2.18. The van der Waals surface area contributed by atoms with E-state index in [0.717, 1.165) is 33.4 Å². The number of para-hydroxylation sites is 1. The second-order valence-electron chi connectivity index (χ2n) is 6.16. The van der Waals surface area contributed by atoms with Crippen LogP contribution in [0.15, 0.2) is 36.5 Å². The number of carbonyl (C=O) groups is 1. The summed E-state index contributed by atoms with van der Waals surface area (Å²) in [6, 6.07) is 10.0. The van der Waals surface area contributed by atoms with Crippen molar-refractivity contribution in [2.24, 2.45) is 0 Å². The molecule has 1 aromatic carbocycles. The predicted molar refractivity (Wildman–Crippen MR) is 94.6 cm³/mol. The molecule has 124 valence electrons. The molecule has 0 radical (unpaired) electrons. The van der Waals surface area contributed by atoms with Gasteiger partial charge in [0.25, 0.3) is 0 Å². The van der Waals surface area contributed by atoms with Crippen molar-refractivity contribution in [2.75, 3.05) is 7.05 Å². The summed E-state index contributed by atoms with van der Waals surface area (Å²) in [6.45, 7) is 4.59. The van der Waals surface area contributed by atoms with Crippen LogP contribution >= 0.6 is 0 Å². The van der Waals surface area contributed by atoms with Crippen LogP contribution in [0.3, 0.4) is 0 Å². The molecule has 0 saturated carbocycles. The number of aryl methyl sites for hydroxylation is 2. The maximum Gasteiger partial charge on any atom is 0.223 e. The number of amides is 1. The molecule has 0 aliphatic heterocycles. The van der Waals surface area contributed by atoms with Gasteiger partial charge in [-0.2, -0.15) is 5.10 Å². The topological polar surface area (TPSA) is 61.9 Å². The van der Waals surface area contributed by atoms with Gasteiger partial charge in [-0.3, -0.25) is 14.9 Å². The third-order valence-corrected chi connectivity index (χ3v) is 4.48. The van der Waals surface area contributed by atoms with Crippen LogP contribution in [0.25, 0.3) is 10.9 Å². The van der Waals surface area contributed by atoms with E-state index in [1.54, 1.807) is 11.1 Å². The maximum atomic E-state index is 12.4. The first-order valence-corrected chi connectivity index (χ1v) is 8.13. The normalized spacial score (nSPS) is 11.0. The number of nitrogens with one attached hydrogen (secondary N) is 1. The first-order chi connectivity index (χ1) is 11.6. The second-order valence-corrected chi connectivity index (χ2v) is 6.16. The van der Waals surface area contributed by atoms with Gasteiger partial charge < -0.3 is 4.90 Å². The Kier molecular flexibility index (Phi) is 4.60. The summed E-state index contributed by atoms with van der Waals surface area (Å²) in [4.78, 5) is 18.7. The Morgan fingerprint density at radius 2 is 2.00 bits per heavy atom. The third-order valence-electron chi connectivity index (χ3n) is 4.48. The molecule has 0 unspecified atom stereocenters. The van der Waals surface area contributed by atoms with Crippen LogP contribution in [-0.2, 0) is 17.8 Å². The summed E-state index contributed by atoms with van der Waals surface area (Å²) >= 11 is 0. The highest BCUT2D eigenvalue weighted by molar-refractivity contribution is 5.82. The molecule has 0 aliphatic carbocycles. The van der Waals surface area contributed by atoms with Crippen LogP contribution in [0.1, 0.15) is 28.9 Å². The molecule has 2 aromatic heterocycles. The SMILES string of the molecule is Cc1[nH]nc(CCC(=O)N(C)Cc2cccc3cccnc23)c1C. The number of benzene rings is 1. The third kappa shape index (κ3) is 3.30. The van der Waals surface area contributed by atoms with Gasteiger partial charge in [0.1, 0.15) is 0 Å². The van der Waals surface area contributed by atoms with Crippen molar-refractivity contribution < 1.29 is 4.79 Å². The van der Waals surface area contributed by atoms with Crippen LogP contribution in [0, 0.1) is 13.8 Å². The Balaban J connectivity index is 1.66. The highest BCUT2D eigenvalue weighted by atomic mass is 16.2. The zero-order valence-electron chi connectivity index (χ0n) is 14.3. The number of H-pyrrole nitrogens is 1. The number of fused-ring (bicyclic) bond motifs is 1. The van der Waals surface area contributed by atoms with Gasteiger partial charge >= 0.3 is 0 Å². The minimum atomic E-state index is 0.114. The fourth-order valence-electron chi connectivity index (χ4n) is 2.83. The van der Waals surface area contributed by atoms with Crippen LogP contribution in [0.4, 0.5) is 0 Å². The Hall–Kier alpha value is -2.69. The Bertz CT molecular complexity index is 863. The van der Waals surface area contributed by atoms with Gasteiger partial charge in [0, 0.05) is 43.7 Å². The van der Waals surface area contributed by atoms with Crippen LogP contribution in [0.5, 0.6) is 0 Å². The summed E-state index contributed by atoms with van der Waals surface area (Å²) in [6.07, 6.45) is 2.91. The average molecular weight is 322 g/mol. The summed E-state index contributed by atoms with van der Waals surface area (Å²) in [7, 11) is 1.84. The number of aromatic amines is 1. The molecule has 0 fully saturated rings. The fourth-order valence-corrected chi connectivity index (χ4v) is 2.83. The molecule has 5 nitrogen and oxygen atoms in total. The van der Waals surface area contributed by atoms with Gasteiger partial charge in [-0.05, 0) is 31.0 Å². The van der Waals surface area contributed by atoms with E-state index >= 15 is 0 Å². The number of hydrogen-bond donors (Lipinski definition) is 1. The van der Waals surface area contributed by atoms with E-state index in [4.69, 9.17) is 0 Å². The Morgan fingerprint density at radius 3 is 2.75 bits per heavy atom. The number of aromatic nitrogens is 3. The van der Waals surface area contributed by atoms with E-state index in [0.29, 0.717) is 19.4 Å². The lowest BCUT2D eigenvalue weighted by Crippen LogP contribution is -2.26. The van der Waals surface area contributed by atoms with Crippen LogP contribution in [0.2, 0.25) is 0 Å². The Labute approximate surface area is 141 Å². The van der Waals surface area contributed by atoms with E-state index in [2.05, 4.69) is 15.2 Å². The highest BCUT2D eigenvalue weighted by Gasteiger charge is 2.13. The first kappa shape index (κ1) is 16.2. The van der Waals surface area contributed by atoms with E-state index in [9.17, 15) is 4.79 Å². The number of carbonyl (C=O) groups excluding carboxylic acids is 1. The van der Waals surface area contributed by atoms with Gasteiger partial charge in [-0.25, -0.2) is 0 Å².